The third-order valence-corrected chi connectivity index (χ3v) is 5.08. The molecule has 0 amide bonds. The van der Waals surface area contributed by atoms with E-state index in [9.17, 15) is 12.8 Å². The molecule has 0 fully saturated rings. The Morgan fingerprint density at radius 3 is 2.33 bits per heavy atom. The Bertz CT molecular complexity index is 1220. The summed E-state index contributed by atoms with van der Waals surface area (Å²) in [6, 6.07) is 15.6. The van der Waals surface area contributed by atoms with Crippen LogP contribution in [-0.2, 0) is 9.84 Å². The van der Waals surface area contributed by atoms with Gasteiger partial charge >= 0.3 is 0 Å². The van der Waals surface area contributed by atoms with Crippen LogP contribution in [0.2, 0.25) is 0 Å². The first-order chi connectivity index (χ1) is 12.9. The number of aromatic nitrogens is 3. The van der Waals surface area contributed by atoms with Gasteiger partial charge in [-0.05, 0) is 42.5 Å². The van der Waals surface area contributed by atoms with Crippen molar-refractivity contribution < 1.29 is 17.5 Å². The van der Waals surface area contributed by atoms with Crippen LogP contribution in [0.1, 0.15) is 0 Å². The highest BCUT2D eigenvalue weighted by Crippen LogP contribution is 2.25. The van der Waals surface area contributed by atoms with Gasteiger partial charge in [0.05, 0.1) is 16.8 Å². The van der Waals surface area contributed by atoms with Gasteiger partial charge in [0.2, 0.25) is 5.88 Å². The van der Waals surface area contributed by atoms with E-state index in [2.05, 4.69) is 10.1 Å². The molecular formula is C19H14FN3O3S. The zero-order chi connectivity index (χ0) is 19.0. The molecule has 0 saturated heterocycles. The number of hydrogen-bond acceptors (Lipinski definition) is 5. The van der Waals surface area contributed by atoms with Crippen molar-refractivity contribution in [1.82, 2.24) is 14.6 Å². The number of benzene rings is 2. The molecule has 0 saturated carbocycles. The van der Waals surface area contributed by atoms with E-state index in [0.717, 1.165) is 11.8 Å². The van der Waals surface area contributed by atoms with E-state index in [-0.39, 0.29) is 10.7 Å². The topological polar surface area (TPSA) is 73.6 Å². The Labute approximate surface area is 154 Å². The highest BCUT2D eigenvalue weighted by Gasteiger charge is 2.11. The first-order valence-corrected chi connectivity index (χ1v) is 9.88. The maximum absolute atomic E-state index is 13.0. The van der Waals surface area contributed by atoms with Crippen molar-refractivity contribution in [2.75, 3.05) is 6.26 Å². The van der Waals surface area contributed by atoms with Crippen LogP contribution in [0.25, 0.3) is 16.9 Å². The zero-order valence-corrected chi connectivity index (χ0v) is 15.0. The van der Waals surface area contributed by atoms with Crippen LogP contribution in [0.4, 0.5) is 4.39 Å². The number of rotatable bonds is 4. The van der Waals surface area contributed by atoms with Crippen LogP contribution in [0.5, 0.6) is 11.6 Å². The fourth-order valence-electron chi connectivity index (χ4n) is 2.60. The summed E-state index contributed by atoms with van der Waals surface area (Å²) in [5, 5.41) is 4.42. The van der Waals surface area contributed by atoms with Gasteiger partial charge in [0.15, 0.2) is 15.5 Å². The number of imidazole rings is 1. The maximum Gasteiger partial charge on any atom is 0.237 e. The van der Waals surface area contributed by atoms with Gasteiger partial charge < -0.3 is 4.74 Å². The van der Waals surface area contributed by atoms with E-state index in [4.69, 9.17) is 4.74 Å². The minimum Gasteiger partial charge on any atom is -0.438 e. The van der Waals surface area contributed by atoms with Crippen molar-refractivity contribution in [3.63, 3.8) is 0 Å². The number of halogens is 1. The lowest BCUT2D eigenvalue weighted by molar-refractivity contribution is 0.451. The van der Waals surface area contributed by atoms with Crippen molar-refractivity contribution in [2.45, 2.75) is 4.90 Å². The SMILES string of the molecule is CS(=O)(=O)c1ccc(-c2cnc3ccc(Oc4ccc(F)cc4)nn23)cc1. The Balaban J connectivity index is 1.70. The first kappa shape index (κ1) is 17.2. The Hall–Kier alpha value is -3.26. The summed E-state index contributed by atoms with van der Waals surface area (Å²) in [5.74, 6) is 0.434. The van der Waals surface area contributed by atoms with Crippen LogP contribution in [0, 0.1) is 5.82 Å². The van der Waals surface area contributed by atoms with Crippen molar-refractivity contribution in [2.24, 2.45) is 0 Å². The van der Waals surface area contributed by atoms with Crippen LogP contribution in [0.15, 0.2) is 71.8 Å². The normalized spacial score (nSPS) is 11.6. The fraction of sp³-hybridized carbons (Fsp3) is 0.0526. The summed E-state index contributed by atoms with van der Waals surface area (Å²) in [7, 11) is -3.26. The molecule has 0 aliphatic heterocycles. The molecule has 4 aromatic rings. The van der Waals surface area contributed by atoms with Crippen molar-refractivity contribution in [1.29, 1.82) is 0 Å². The predicted molar refractivity (Wildman–Crippen MR) is 98.0 cm³/mol. The lowest BCUT2D eigenvalue weighted by Crippen LogP contribution is -1.99. The molecule has 2 aromatic carbocycles. The minimum absolute atomic E-state index is 0.244. The van der Waals surface area contributed by atoms with Gasteiger partial charge in [-0.3, -0.25) is 0 Å². The number of fused-ring (bicyclic) bond motifs is 1. The van der Waals surface area contributed by atoms with Gasteiger partial charge in [-0.25, -0.2) is 22.3 Å². The average molecular weight is 383 g/mol. The van der Waals surface area contributed by atoms with Crippen LogP contribution in [-0.4, -0.2) is 29.3 Å². The Kier molecular flexibility index (Phi) is 4.12. The van der Waals surface area contributed by atoms with E-state index >= 15 is 0 Å². The lowest BCUT2D eigenvalue weighted by Gasteiger charge is -2.07. The maximum atomic E-state index is 13.0. The van der Waals surface area contributed by atoms with Gasteiger partial charge in [0.1, 0.15) is 11.6 Å². The quantitative estimate of drug-likeness (QED) is 0.537. The average Bonchev–Trinajstić information content (AvgIpc) is 3.06. The van der Waals surface area contributed by atoms with E-state index in [1.54, 1.807) is 47.1 Å². The molecule has 0 atom stereocenters. The molecule has 0 aliphatic rings. The number of nitrogens with zero attached hydrogens (tertiary/aromatic N) is 3. The number of hydrogen-bond donors (Lipinski definition) is 0. The number of ether oxygens (including phenoxy) is 1. The second-order valence-electron chi connectivity index (χ2n) is 5.94. The predicted octanol–water partition coefficient (Wildman–Crippen LogP) is 3.73. The standard InChI is InChI=1S/C19H14FN3O3S/c1-27(24,25)16-8-2-13(3-9-16)17-12-21-18-10-11-19(22-23(17)18)26-15-6-4-14(20)5-7-15/h2-12H,1H3. The molecule has 27 heavy (non-hydrogen) atoms. The van der Waals surface area contributed by atoms with E-state index in [0.29, 0.717) is 23.0 Å². The molecule has 0 N–H and O–H groups in total. The summed E-state index contributed by atoms with van der Waals surface area (Å²) >= 11 is 0. The van der Waals surface area contributed by atoms with E-state index in [1.807, 2.05) is 0 Å². The molecule has 0 unspecified atom stereocenters. The number of sulfone groups is 1. The molecule has 2 heterocycles. The van der Waals surface area contributed by atoms with Crippen molar-refractivity contribution >= 4 is 15.5 Å². The van der Waals surface area contributed by atoms with E-state index < -0.39 is 9.84 Å². The highest BCUT2D eigenvalue weighted by atomic mass is 32.2. The largest absolute Gasteiger partial charge is 0.438 e. The Morgan fingerprint density at radius 2 is 1.67 bits per heavy atom. The van der Waals surface area contributed by atoms with Crippen LogP contribution in [0.3, 0.4) is 0 Å². The summed E-state index contributed by atoms with van der Waals surface area (Å²) in [4.78, 5) is 4.55. The molecule has 0 bridgehead atoms. The molecule has 4 rings (SSSR count). The van der Waals surface area contributed by atoms with Gasteiger partial charge in [-0.15, -0.1) is 5.10 Å². The van der Waals surface area contributed by atoms with Crippen LogP contribution >= 0.6 is 0 Å². The molecule has 2 aromatic heterocycles. The smallest absolute Gasteiger partial charge is 0.237 e. The highest BCUT2D eigenvalue weighted by molar-refractivity contribution is 7.90. The molecule has 0 radical (unpaired) electrons. The molecule has 136 valence electrons. The second kappa shape index (κ2) is 6.48. The zero-order valence-electron chi connectivity index (χ0n) is 14.2. The van der Waals surface area contributed by atoms with Crippen molar-refractivity contribution in [3.8, 4) is 22.9 Å². The summed E-state index contributed by atoms with van der Waals surface area (Å²) in [5.41, 5.74) is 2.07. The molecule has 0 aliphatic carbocycles. The van der Waals surface area contributed by atoms with Gasteiger partial charge in [0, 0.05) is 17.9 Å². The van der Waals surface area contributed by atoms with E-state index in [1.165, 1.54) is 24.3 Å². The second-order valence-corrected chi connectivity index (χ2v) is 7.95. The third kappa shape index (κ3) is 3.52. The van der Waals surface area contributed by atoms with Gasteiger partial charge in [0.25, 0.3) is 0 Å². The molecule has 6 nitrogen and oxygen atoms in total. The lowest BCUT2D eigenvalue weighted by atomic mass is 10.2. The summed E-state index contributed by atoms with van der Waals surface area (Å²) < 4.78 is 43.5. The third-order valence-electron chi connectivity index (χ3n) is 3.95. The van der Waals surface area contributed by atoms with Gasteiger partial charge in [-0.1, -0.05) is 12.1 Å². The summed E-state index contributed by atoms with van der Waals surface area (Å²) in [6.07, 6.45) is 2.82. The summed E-state index contributed by atoms with van der Waals surface area (Å²) in [6.45, 7) is 0. The molecule has 8 heteroatoms. The molecule has 0 spiro atoms. The minimum atomic E-state index is -3.26. The first-order valence-electron chi connectivity index (χ1n) is 7.99. The van der Waals surface area contributed by atoms with Crippen LogP contribution < -0.4 is 4.74 Å². The van der Waals surface area contributed by atoms with Crippen molar-refractivity contribution in [3.05, 3.63) is 72.7 Å². The van der Waals surface area contributed by atoms with Gasteiger partial charge in [-0.2, -0.15) is 0 Å². The Morgan fingerprint density at radius 1 is 0.963 bits per heavy atom. The molecular weight excluding hydrogens is 369 g/mol. The fourth-order valence-corrected chi connectivity index (χ4v) is 3.23. The monoisotopic (exact) mass is 383 g/mol.